The molecule has 0 radical (unpaired) electrons. The Hall–Kier alpha value is -1.80. The summed E-state index contributed by atoms with van der Waals surface area (Å²) in [7, 11) is -3.58. The third-order valence-electron chi connectivity index (χ3n) is 5.48. The lowest BCUT2D eigenvalue weighted by molar-refractivity contribution is -0.126. The van der Waals surface area contributed by atoms with Gasteiger partial charge in [-0.2, -0.15) is 0 Å². The topological polar surface area (TPSA) is 75.7 Å². The number of nitrogens with one attached hydrogen (secondary N) is 1. The number of benzene rings is 2. The van der Waals surface area contributed by atoms with Crippen molar-refractivity contribution in [2.45, 2.75) is 32.4 Å². The van der Waals surface area contributed by atoms with Crippen molar-refractivity contribution in [2.24, 2.45) is 5.92 Å². The molecule has 1 saturated heterocycles. The number of sulfonamides is 1. The second-order valence-corrected chi connectivity index (χ2v) is 10.9. The molecule has 32 heavy (non-hydrogen) atoms. The Bertz CT molecular complexity index is 1080. The molecule has 1 aliphatic heterocycles. The fourth-order valence-corrected chi connectivity index (χ4v) is 5.60. The summed E-state index contributed by atoms with van der Waals surface area (Å²) < 4.78 is 33.0. The van der Waals surface area contributed by atoms with Crippen LogP contribution in [0.5, 0.6) is 5.75 Å². The van der Waals surface area contributed by atoms with Crippen molar-refractivity contribution in [3.05, 3.63) is 63.1 Å². The number of rotatable bonds is 8. The third kappa shape index (κ3) is 6.61. The standard InChI is InChI=1S/C23H28Cl2N2O4S/c1-16-5-6-17(2)22(12-16)31-11-9-26-23(28)19-4-3-10-27(14-19)32(29,30)15-18-7-8-20(24)21(25)13-18/h5-8,12-13,19H,3-4,9-11,14-15H2,1-2H3,(H,26,28)/t19-/m1/s1. The molecule has 3 rings (SSSR count). The van der Waals surface area contributed by atoms with E-state index in [1.807, 2.05) is 32.0 Å². The van der Waals surface area contributed by atoms with Crippen LogP contribution in [0, 0.1) is 19.8 Å². The van der Waals surface area contributed by atoms with E-state index in [1.54, 1.807) is 18.2 Å². The van der Waals surface area contributed by atoms with E-state index in [4.69, 9.17) is 27.9 Å². The molecule has 0 aliphatic carbocycles. The van der Waals surface area contributed by atoms with Gasteiger partial charge < -0.3 is 10.1 Å². The van der Waals surface area contributed by atoms with Crippen molar-refractivity contribution < 1.29 is 17.9 Å². The van der Waals surface area contributed by atoms with Gasteiger partial charge in [0, 0.05) is 13.1 Å². The Morgan fingerprint density at radius 2 is 1.94 bits per heavy atom. The lowest BCUT2D eigenvalue weighted by Gasteiger charge is -2.31. The maximum absolute atomic E-state index is 12.9. The number of carbonyl (C=O) groups excluding carboxylic acids is 1. The van der Waals surface area contributed by atoms with Gasteiger partial charge in [0.1, 0.15) is 12.4 Å². The predicted octanol–water partition coefficient (Wildman–Crippen LogP) is 4.35. The van der Waals surface area contributed by atoms with Crippen molar-refractivity contribution in [1.82, 2.24) is 9.62 Å². The summed E-state index contributed by atoms with van der Waals surface area (Å²) >= 11 is 11.9. The first-order chi connectivity index (χ1) is 15.2. The Kier molecular flexibility index (Phi) is 8.44. The normalized spacial score (nSPS) is 17.2. The molecule has 0 spiro atoms. The van der Waals surface area contributed by atoms with E-state index in [-0.39, 0.29) is 24.1 Å². The molecule has 1 N–H and O–H groups in total. The van der Waals surface area contributed by atoms with Crippen LogP contribution in [0.1, 0.15) is 29.5 Å². The van der Waals surface area contributed by atoms with E-state index in [0.29, 0.717) is 48.1 Å². The molecule has 1 aliphatic rings. The van der Waals surface area contributed by atoms with Crippen LogP contribution >= 0.6 is 23.2 Å². The number of carbonyl (C=O) groups is 1. The second kappa shape index (κ2) is 10.9. The van der Waals surface area contributed by atoms with Gasteiger partial charge in [0.15, 0.2) is 0 Å². The van der Waals surface area contributed by atoms with Crippen molar-refractivity contribution in [3.63, 3.8) is 0 Å². The summed E-state index contributed by atoms with van der Waals surface area (Å²) in [5.74, 6) is 0.0931. The van der Waals surface area contributed by atoms with Gasteiger partial charge in [0.2, 0.25) is 15.9 Å². The second-order valence-electron chi connectivity index (χ2n) is 8.11. The van der Waals surface area contributed by atoms with Crippen molar-refractivity contribution >= 4 is 39.1 Å². The number of amides is 1. The number of hydrogen-bond acceptors (Lipinski definition) is 4. The summed E-state index contributed by atoms with van der Waals surface area (Å²) in [5, 5.41) is 3.57. The zero-order valence-corrected chi connectivity index (χ0v) is 20.6. The molecular weight excluding hydrogens is 471 g/mol. The molecule has 6 nitrogen and oxygen atoms in total. The molecule has 2 aromatic rings. The summed E-state index contributed by atoms with van der Waals surface area (Å²) in [6.45, 7) is 5.26. The minimum atomic E-state index is -3.58. The zero-order valence-electron chi connectivity index (χ0n) is 18.2. The SMILES string of the molecule is Cc1ccc(C)c(OCCNC(=O)[C@@H]2CCCN(S(=O)(=O)Cc3ccc(Cl)c(Cl)c3)C2)c1. The first kappa shape index (κ1) is 24.8. The lowest BCUT2D eigenvalue weighted by atomic mass is 9.99. The summed E-state index contributed by atoms with van der Waals surface area (Å²) in [6.07, 6.45) is 1.29. The van der Waals surface area contributed by atoms with Gasteiger partial charge in [-0.25, -0.2) is 12.7 Å². The quantitative estimate of drug-likeness (QED) is 0.549. The first-order valence-electron chi connectivity index (χ1n) is 10.6. The maximum atomic E-state index is 12.9. The third-order valence-corrected chi connectivity index (χ3v) is 8.04. The highest BCUT2D eigenvalue weighted by molar-refractivity contribution is 7.88. The van der Waals surface area contributed by atoms with Crippen LogP contribution in [0.4, 0.5) is 0 Å². The highest BCUT2D eigenvalue weighted by atomic mass is 35.5. The average Bonchev–Trinajstić information content (AvgIpc) is 2.76. The molecule has 1 heterocycles. The molecule has 9 heteroatoms. The van der Waals surface area contributed by atoms with E-state index in [2.05, 4.69) is 5.32 Å². The fourth-order valence-electron chi connectivity index (χ4n) is 3.68. The lowest BCUT2D eigenvalue weighted by Crippen LogP contribution is -2.46. The van der Waals surface area contributed by atoms with E-state index in [9.17, 15) is 13.2 Å². The largest absolute Gasteiger partial charge is 0.491 e. The Labute approximate surface area is 199 Å². The molecule has 0 unspecified atom stereocenters. The van der Waals surface area contributed by atoms with Gasteiger partial charge in [0.05, 0.1) is 28.3 Å². The molecule has 1 atom stereocenters. The summed E-state index contributed by atoms with van der Waals surface area (Å²) in [5.41, 5.74) is 2.71. The monoisotopic (exact) mass is 498 g/mol. The van der Waals surface area contributed by atoms with Crippen LogP contribution in [-0.4, -0.2) is 44.9 Å². The van der Waals surface area contributed by atoms with E-state index in [0.717, 1.165) is 16.9 Å². The Morgan fingerprint density at radius 3 is 2.69 bits per heavy atom. The predicted molar refractivity (Wildman–Crippen MR) is 128 cm³/mol. The highest BCUT2D eigenvalue weighted by Crippen LogP contribution is 2.26. The Morgan fingerprint density at radius 1 is 1.16 bits per heavy atom. The molecule has 0 bridgehead atoms. The fraction of sp³-hybridized carbons (Fsp3) is 0.435. The molecule has 174 valence electrons. The molecule has 0 saturated carbocycles. The van der Waals surface area contributed by atoms with Gasteiger partial charge in [-0.3, -0.25) is 4.79 Å². The first-order valence-corrected chi connectivity index (χ1v) is 12.9. The number of hydrogen-bond donors (Lipinski definition) is 1. The minimum absolute atomic E-state index is 0.149. The molecule has 0 aromatic heterocycles. The molecule has 1 fully saturated rings. The van der Waals surface area contributed by atoms with E-state index >= 15 is 0 Å². The van der Waals surface area contributed by atoms with Crippen molar-refractivity contribution in [1.29, 1.82) is 0 Å². The van der Waals surface area contributed by atoms with E-state index < -0.39 is 10.0 Å². The van der Waals surface area contributed by atoms with Crippen LogP contribution in [-0.2, 0) is 20.6 Å². The number of aryl methyl sites for hydroxylation is 2. The minimum Gasteiger partial charge on any atom is -0.491 e. The number of ether oxygens (including phenoxy) is 1. The van der Waals surface area contributed by atoms with Crippen molar-refractivity contribution in [3.8, 4) is 5.75 Å². The maximum Gasteiger partial charge on any atom is 0.224 e. The van der Waals surface area contributed by atoms with Crippen LogP contribution in [0.25, 0.3) is 0 Å². The van der Waals surface area contributed by atoms with Crippen LogP contribution < -0.4 is 10.1 Å². The number of nitrogens with zero attached hydrogens (tertiary/aromatic N) is 1. The van der Waals surface area contributed by atoms with Gasteiger partial charge in [0.25, 0.3) is 0 Å². The smallest absolute Gasteiger partial charge is 0.224 e. The average molecular weight is 499 g/mol. The van der Waals surface area contributed by atoms with Crippen LogP contribution in [0.15, 0.2) is 36.4 Å². The number of halogens is 2. The van der Waals surface area contributed by atoms with Gasteiger partial charge in [-0.05, 0) is 61.6 Å². The molecule has 2 aromatic carbocycles. The highest BCUT2D eigenvalue weighted by Gasteiger charge is 2.32. The van der Waals surface area contributed by atoms with E-state index in [1.165, 1.54) is 4.31 Å². The van der Waals surface area contributed by atoms with Gasteiger partial charge in [-0.15, -0.1) is 0 Å². The number of piperidine rings is 1. The van der Waals surface area contributed by atoms with Crippen LogP contribution in [0.3, 0.4) is 0 Å². The van der Waals surface area contributed by atoms with Gasteiger partial charge in [-0.1, -0.05) is 41.4 Å². The molecule has 1 amide bonds. The summed E-state index contributed by atoms with van der Waals surface area (Å²) in [6, 6.07) is 10.8. The van der Waals surface area contributed by atoms with Crippen LogP contribution in [0.2, 0.25) is 10.0 Å². The molecular formula is C23H28Cl2N2O4S. The zero-order chi connectivity index (χ0) is 23.3. The summed E-state index contributed by atoms with van der Waals surface area (Å²) in [4.78, 5) is 12.6. The Balaban J connectivity index is 1.51. The van der Waals surface area contributed by atoms with Crippen molar-refractivity contribution in [2.75, 3.05) is 26.2 Å². The van der Waals surface area contributed by atoms with Gasteiger partial charge >= 0.3 is 0 Å².